The number of ketones is 1. The lowest BCUT2D eigenvalue weighted by atomic mass is 9.86. The minimum Gasteiger partial charge on any atom is -0.299 e. The maximum atomic E-state index is 11.3. The van der Waals surface area contributed by atoms with E-state index < -0.39 is 0 Å². The Morgan fingerprint density at radius 1 is 1.55 bits per heavy atom. The molecule has 2 heteroatoms. The highest BCUT2D eigenvalue weighted by atomic mass is 79.9. The Labute approximate surface area is 75.7 Å². The fourth-order valence-electron chi connectivity index (χ4n) is 2.61. The molecular weight excluding hydrogens is 204 g/mol. The number of rotatable bonds is 1. The largest absolute Gasteiger partial charge is 0.299 e. The molecule has 0 aromatic carbocycles. The molecule has 0 heterocycles. The molecule has 0 N–H and O–H groups in total. The molecule has 3 atom stereocenters. The molecule has 62 valence electrons. The molecule has 0 radical (unpaired) electrons. The highest BCUT2D eigenvalue weighted by Gasteiger charge is 2.66. The van der Waals surface area contributed by atoms with Crippen LogP contribution in [0.25, 0.3) is 0 Å². The van der Waals surface area contributed by atoms with Crippen LogP contribution in [0.5, 0.6) is 0 Å². The Kier molecular flexibility index (Phi) is 1.64. The Bertz CT molecular complexity index is 202. The molecule has 2 fully saturated rings. The van der Waals surface area contributed by atoms with Gasteiger partial charge in [0, 0.05) is 10.2 Å². The van der Waals surface area contributed by atoms with Gasteiger partial charge in [-0.05, 0) is 25.7 Å². The highest BCUT2D eigenvalue weighted by molar-refractivity contribution is 9.09. The van der Waals surface area contributed by atoms with Crippen molar-refractivity contribution >= 4 is 21.7 Å². The van der Waals surface area contributed by atoms with E-state index in [1.807, 2.05) is 0 Å². The number of alkyl halides is 1. The van der Waals surface area contributed by atoms with Crippen LogP contribution in [0.15, 0.2) is 0 Å². The van der Waals surface area contributed by atoms with Crippen molar-refractivity contribution in [1.82, 2.24) is 0 Å². The third-order valence-electron chi connectivity index (χ3n) is 3.41. The molecule has 2 rings (SSSR count). The van der Waals surface area contributed by atoms with Crippen molar-refractivity contribution in [3.05, 3.63) is 0 Å². The zero-order valence-corrected chi connectivity index (χ0v) is 8.36. The minimum atomic E-state index is 0.0816. The van der Waals surface area contributed by atoms with Gasteiger partial charge in [0.05, 0.1) is 0 Å². The summed E-state index contributed by atoms with van der Waals surface area (Å²) in [5, 5.41) is 0. The van der Waals surface area contributed by atoms with Crippen LogP contribution in [-0.4, -0.2) is 10.6 Å². The molecule has 0 aromatic heterocycles. The zero-order valence-electron chi connectivity index (χ0n) is 6.77. The second-order valence-corrected chi connectivity index (χ2v) is 4.84. The second kappa shape index (κ2) is 2.32. The molecule has 2 aliphatic carbocycles. The van der Waals surface area contributed by atoms with E-state index in [4.69, 9.17) is 0 Å². The van der Waals surface area contributed by atoms with Crippen molar-refractivity contribution < 1.29 is 4.79 Å². The molecular formula is C9H13BrO. The van der Waals surface area contributed by atoms with E-state index in [2.05, 4.69) is 15.9 Å². The first kappa shape index (κ1) is 7.78. The molecule has 0 bridgehead atoms. The fraction of sp³-hybridized carbons (Fsp3) is 0.889. The molecule has 1 nitrogen and oxygen atoms in total. The number of Topliss-reactive ketones (excluding diaryl/α,β-unsaturated/α-hetero) is 1. The van der Waals surface area contributed by atoms with Crippen molar-refractivity contribution in [1.29, 1.82) is 0 Å². The number of hydrogen-bond donors (Lipinski definition) is 0. The van der Waals surface area contributed by atoms with Crippen LogP contribution in [0.2, 0.25) is 0 Å². The van der Waals surface area contributed by atoms with Crippen LogP contribution in [0, 0.1) is 11.3 Å². The molecule has 0 spiro atoms. The molecule has 0 amide bonds. The molecule has 11 heavy (non-hydrogen) atoms. The number of carbonyl (C=O) groups is 1. The zero-order chi connectivity index (χ0) is 8.06. The highest BCUT2D eigenvalue weighted by Crippen LogP contribution is 2.65. The molecule has 3 unspecified atom stereocenters. The average Bonchev–Trinajstić information content (AvgIpc) is 2.60. The number of hydrogen-bond acceptors (Lipinski definition) is 1. The normalized spacial score (nSPS) is 48.2. The van der Waals surface area contributed by atoms with Crippen LogP contribution >= 0.6 is 15.9 Å². The van der Waals surface area contributed by atoms with Gasteiger partial charge in [-0.2, -0.15) is 0 Å². The third-order valence-corrected chi connectivity index (χ3v) is 4.86. The summed E-state index contributed by atoms with van der Waals surface area (Å²) in [5.74, 6) is 1.08. The van der Waals surface area contributed by atoms with E-state index in [0.717, 1.165) is 6.42 Å². The standard InChI is InChI=1S/C9H13BrO/c1-6(11)9-5-3-2-4-7(9)8(9)10/h7-8H,2-5H2,1H3. The summed E-state index contributed by atoms with van der Waals surface area (Å²) in [6.07, 6.45) is 4.96. The maximum absolute atomic E-state index is 11.3. The predicted octanol–water partition coefficient (Wildman–Crippen LogP) is 2.53. The van der Waals surface area contributed by atoms with Gasteiger partial charge >= 0.3 is 0 Å². The van der Waals surface area contributed by atoms with E-state index in [1.54, 1.807) is 6.92 Å². The van der Waals surface area contributed by atoms with Crippen molar-refractivity contribution in [2.75, 3.05) is 0 Å². The molecule has 0 aromatic rings. The maximum Gasteiger partial charge on any atom is 0.137 e. The number of carbonyl (C=O) groups excluding carboxylic acids is 1. The average molecular weight is 217 g/mol. The van der Waals surface area contributed by atoms with Crippen LogP contribution in [0.3, 0.4) is 0 Å². The van der Waals surface area contributed by atoms with Gasteiger partial charge in [-0.1, -0.05) is 28.8 Å². The number of fused-ring (bicyclic) bond motifs is 1. The predicted molar refractivity (Wildman–Crippen MR) is 47.8 cm³/mol. The van der Waals surface area contributed by atoms with Crippen LogP contribution in [0.4, 0.5) is 0 Å². The van der Waals surface area contributed by atoms with Gasteiger partial charge < -0.3 is 0 Å². The van der Waals surface area contributed by atoms with Gasteiger partial charge in [-0.3, -0.25) is 4.79 Å². The summed E-state index contributed by atoms with van der Waals surface area (Å²) < 4.78 is 0. The quantitative estimate of drug-likeness (QED) is 0.617. The second-order valence-electron chi connectivity index (χ2n) is 3.85. The summed E-state index contributed by atoms with van der Waals surface area (Å²) >= 11 is 3.61. The SMILES string of the molecule is CC(=O)C12CCCCC1C2Br. The van der Waals surface area contributed by atoms with E-state index >= 15 is 0 Å². The first-order valence-electron chi connectivity index (χ1n) is 4.34. The van der Waals surface area contributed by atoms with Gasteiger partial charge in [-0.15, -0.1) is 0 Å². The summed E-state index contributed by atoms with van der Waals surface area (Å²) in [4.78, 5) is 11.9. The van der Waals surface area contributed by atoms with Gasteiger partial charge in [0.1, 0.15) is 5.78 Å². The van der Waals surface area contributed by atoms with Gasteiger partial charge in [-0.25, -0.2) is 0 Å². The molecule has 0 aliphatic heterocycles. The summed E-state index contributed by atoms with van der Waals surface area (Å²) in [7, 11) is 0. The van der Waals surface area contributed by atoms with Gasteiger partial charge in [0.25, 0.3) is 0 Å². The summed E-state index contributed by atoms with van der Waals surface area (Å²) in [5.41, 5.74) is 0.0816. The third kappa shape index (κ3) is 0.851. The Morgan fingerprint density at radius 2 is 2.27 bits per heavy atom. The van der Waals surface area contributed by atoms with Gasteiger partial charge in [0.2, 0.25) is 0 Å². The smallest absolute Gasteiger partial charge is 0.137 e. The Hall–Kier alpha value is 0.150. The summed E-state index contributed by atoms with van der Waals surface area (Å²) in [6, 6.07) is 0. The first-order chi connectivity index (χ1) is 5.19. The Balaban J connectivity index is 2.20. The Morgan fingerprint density at radius 3 is 2.73 bits per heavy atom. The van der Waals surface area contributed by atoms with Crippen molar-refractivity contribution in [2.24, 2.45) is 11.3 Å². The minimum absolute atomic E-state index is 0.0816. The topological polar surface area (TPSA) is 17.1 Å². The summed E-state index contributed by atoms with van der Waals surface area (Å²) in [6.45, 7) is 1.75. The molecule has 2 aliphatic rings. The van der Waals surface area contributed by atoms with E-state index in [0.29, 0.717) is 16.5 Å². The van der Waals surface area contributed by atoms with Crippen molar-refractivity contribution in [3.63, 3.8) is 0 Å². The number of halogens is 1. The van der Waals surface area contributed by atoms with E-state index in [-0.39, 0.29) is 5.41 Å². The van der Waals surface area contributed by atoms with Crippen LogP contribution < -0.4 is 0 Å². The van der Waals surface area contributed by atoms with Crippen molar-refractivity contribution in [2.45, 2.75) is 37.4 Å². The monoisotopic (exact) mass is 216 g/mol. The molecule has 0 saturated heterocycles. The van der Waals surface area contributed by atoms with Gasteiger partial charge in [0.15, 0.2) is 0 Å². The van der Waals surface area contributed by atoms with E-state index in [1.165, 1.54) is 19.3 Å². The fourth-order valence-corrected chi connectivity index (χ4v) is 4.08. The van der Waals surface area contributed by atoms with Crippen molar-refractivity contribution in [3.8, 4) is 0 Å². The van der Waals surface area contributed by atoms with Crippen LogP contribution in [0.1, 0.15) is 32.6 Å². The lowest BCUT2D eigenvalue weighted by Gasteiger charge is -2.17. The first-order valence-corrected chi connectivity index (χ1v) is 5.26. The van der Waals surface area contributed by atoms with E-state index in [9.17, 15) is 4.79 Å². The van der Waals surface area contributed by atoms with Crippen LogP contribution in [-0.2, 0) is 4.79 Å². The lowest BCUT2D eigenvalue weighted by molar-refractivity contribution is -0.123. The lowest BCUT2D eigenvalue weighted by Crippen LogP contribution is -2.19. The molecule has 2 saturated carbocycles.